The first-order chi connectivity index (χ1) is 9.49. The van der Waals surface area contributed by atoms with Crippen molar-refractivity contribution in [3.63, 3.8) is 0 Å². The van der Waals surface area contributed by atoms with Crippen LogP contribution in [-0.2, 0) is 0 Å². The molecule has 0 bridgehead atoms. The number of rotatable bonds is 3. The highest BCUT2D eigenvalue weighted by atomic mass is 14.1. The van der Waals surface area contributed by atoms with E-state index in [1.54, 1.807) is 0 Å². The topological polar surface area (TPSA) is 0 Å². The molecule has 0 heteroatoms. The normalized spacial score (nSPS) is 11.5. The Morgan fingerprint density at radius 3 is 2.25 bits per heavy atom. The lowest BCUT2D eigenvalue weighted by Crippen LogP contribution is -1.89. The molecule has 2 rings (SSSR count). The van der Waals surface area contributed by atoms with Crippen molar-refractivity contribution in [1.29, 1.82) is 0 Å². The minimum Gasteiger partial charge on any atom is -0.0909 e. The van der Waals surface area contributed by atoms with Gasteiger partial charge in [-0.3, -0.25) is 0 Å². The molecule has 0 aromatic heterocycles. The Morgan fingerprint density at radius 1 is 0.900 bits per heavy atom. The molecule has 0 N–H and O–H groups in total. The molecule has 0 aliphatic rings. The van der Waals surface area contributed by atoms with E-state index in [4.69, 9.17) is 0 Å². The second kappa shape index (κ2) is 5.92. The van der Waals surface area contributed by atoms with E-state index in [-0.39, 0.29) is 0 Å². The number of aryl methyl sites for hydroxylation is 3. The van der Waals surface area contributed by atoms with E-state index in [2.05, 4.69) is 82.8 Å². The van der Waals surface area contributed by atoms with Crippen LogP contribution >= 0.6 is 0 Å². The maximum Gasteiger partial charge on any atom is -0.0158 e. The standard InChI is InChI=1S/C20H22/c1-14-10-11-19(12-16(14)3)13-17(4)18(5)20-9-7-6-8-15(20)2/h6-13H,5H2,1-4H3/b17-13+. The quantitative estimate of drug-likeness (QED) is 0.620. The molecule has 0 spiro atoms. The number of hydrogen-bond donors (Lipinski definition) is 0. The molecule has 0 nitrogen and oxygen atoms in total. The molecule has 2 aromatic carbocycles. The lowest BCUT2D eigenvalue weighted by molar-refractivity contribution is 1.33. The Kier molecular flexibility index (Phi) is 4.24. The van der Waals surface area contributed by atoms with Gasteiger partial charge in [0.25, 0.3) is 0 Å². The third-order valence-electron chi connectivity index (χ3n) is 3.86. The second-order valence-corrected chi connectivity index (χ2v) is 5.46. The molecule has 20 heavy (non-hydrogen) atoms. The third kappa shape index (κ3) is 3.08. The van der Waals surface area contributed by atoms with Crippen LogP contribution in [0.1, 0.15) is 34.7 Å². The van der Waals surface area contributed by atoms with E-state index < -0.39 is 0 Å². The van der Waals surface area contributed by atoms with Crippen molar-refractivity contribution in [2.75, 3.05) is 0 Å². The molecule has 0 fully saturated rings. The van der Waals surface area contributed by atoms with Gasteiger partial charge in [-0.25, -0.2) is 0 Å². The lowest BCUT2D eigenvalue weighted by Gasteiger charge is -2.10. The molecule has 0 aliphatic heterocycles. The molecule has 0 atom stereocenters. The second-order valence-electron chi connectivity index (χ2n) is 5.46. The van der Waals surface area contributed by atoms with E-state index >= 15 is 0 Å². The molecule has 0 radical (unpaired) electrons. The van der Waals surface area contributed by atoms with Gasteiger partial charge in [0, 0.05) is 0 Å². The van der Waals surface area contributed by atoms with Gasteiger partial charge in [0.15, 0.2) is 0 Å². The van der Waals surface area contributed by atoms with Gasteiger partial charge in [0.1, 0.15) is 0 Å². The van der Waals surface area contributed by atoms with Gasteiger partial charge in [-0.1, -0.05) is 55.1 Å². The van der Waals surface area contributed by atoms with Crippen LogP contribution in [0.3, 0.4) is 0 Å². The largest absolute Gasteiger partial charge is 0.0909 e. The number of benzene rings is 2. The van der Waals surface area contributed by atoms with Crippen LogP contribution in [0, 0.1) is 20.8 Å². The zero-order chi connectivity index (χ0) is 14.7. The highest BCUT2D eigenvalue weighted by Crippen LogP contribution is 2.25. The molecular weight excluding hydrogens is 240 g/mol. The third-order valence-corrected chi connectivity index (χ3v) is 3.86. The van der Waals surface area contributed by atoms with Crippen LogP contribution in [0.2, 0.25) is 0 Å². The average Bonchev–Trinajstić information content (AvgIpc) is 2.42. The molecular formula is C20H22. The van der Waals surface area contributed by atoms with Crippen LogP contribution in [0.15, 0.2) is 54.6 Å². The molecule has 0 unspecified atom stereocenters. The van der Waals surface area contributed by atoms with E-state index in [0.29, 0.717) is 0 Å². The highest BCUT2D eigenvalue weighted by Gasteiger charge is 2.04. The first-order valence-electron chi connectivity index (χ1n) is 7.00. The number of hydrogen-bond acceptors (Lipinski definition) is 0. The Balaban J connectivity index is 2.33. The monoisotopic (exact) mass is 262 g/mol. The molecule has 0 aliphatic carbocycles. The van der Waals surface area contributed by atoms with Crippen molar-refractivity contribution < 1.29 is 0 Å². The Labute approximate surface area is 122 Å². The zero-order valence-electron chi connectivity index (χ0n) is 12.8. The first-order valence-corrected chi connectivity index (χ1v) is 7.00. The summed E-state index contributed by atoms with van der Waals surface area (Å²) in [6.45, 7) is 12.8. The van der Waals surface area contributed by atoms with Crippen molar-refractivity contribution in [2.45, 2.75) is 27.7 Å². The fraction of sp³-hybridized carbons (Fsp3) is 0.200. The van der Waals surface area contributed by atoms with Crippen molar-refractivity contribution in [2.24, 2.45) is 0 Å². The molecule has 0 saturated carbocycles. The number of allylic oxidation sites excluding steroid dienone is 2. The van der Waals surface area contributed by atoms with Gasteiger partial charge in [-0.15, -0.1) is 0 Å². The van der Waals surface area contributed by atoms with Crippen molar-refractivity contribution in [3.8, 4) is 0 Å². The fourth-order valence-electron chi connectivity index (χ4n) is 2.32. The van der Waals surface area contributed by atoms with Gasteiger partial charge >= 0.3 is 0 Å². The SMILES string of the molecule is C=C(/C(C)=C/c1ccc(C)c(C)c1)c1ccccc1C. The van der Waals surface area contributed by atoms with Crippen molar-refractivity contribution >= 4 is 11.6 Å². The summed E-state index contributed by atoms with van der Waals surface area (Å²) in [7, 11) is 0. The first kappa shape index (κ1) is 14.3. The van der Waals surface area contributed by atoms with Crippen LogP contribution in [0.25, 0.3) is 11.6 Å². The maximum absolute atomic E-state index is 4.25. The Morgan fingerprint density at radius 2 is 1.60 bits per heavy atom. The van der Waals surface area contributed by atoms with Crippen molar-refractivity contribution in [3.05, 3.63) is 82.4 Å². The van der Waals surface area contributed by atoms with Crippen molar-refractivity contribution in [1.82, 2.24) is 0 Å². The van der Waals surface area contributed by atoms with E-state index in [1.165, 1.54) is 33.4 Å². The van der Waals surface area contributed by atoms with Crippen LogP contribution in [0.4, 0.5) is 0 Å². The minimum atomic E-state index is 1.10. The molecule has 0 amide bonds. The molecule has 0 saturated heterocycles. The predicted molar refractivity (Wildman–Crippen MR) is 89.8 cm³/mol. The van der Waals surface area contributed by atoms with E-state index in [9.17, 15) is 0 Å². The average molecular weight is 262 g/mol. The summed E-state index contributed by atoms with van der Waals surface area (Å²) >= 11 is 0. The van der Waals surface area contributed by atoms with E-state index in [0.717, 1.165) is 5.57 Å². The summed E-state index contributed by atoms with van der Waals surface area (Å²) < 4.78 is 0. The summed E-state index contributed by atoms with van der Waals surface area (Å²) in [6, 6.07) is 15.0. The Bertz CT molecular complexity index is 672. The smallest absolute Gasteiger partial charge is 0.0158 e. The lowest BCUT2D eigenvalue weighted by atomic mass is 9.95. The summed E-state index contributed by atoms with van der Waals surface area (Å²) in [5, 5.41) is 0. The van der Waals surface area contributed by atoms with Gasteiger partial charge in [0.2, 0.25) is 0 Å². The van der Waals surface area contributed by atoms with Gasteiger partial charge in [-0.05, 0) is 66.7 Å². The predicted octanol–water partition coefficient (Wildman–Crippen LogP) is 5.73. The summed E-state index contributed by atoms with van der Waals surface area (Å²) in [4.78, 5) is 0. The highest BCUT2D eigenvalue weighted by molar-refractivity contribution is 5.83. The van der Waals surface area contributed by atoms with Crippen LogP contribution < -0.4 is 0 Å². The molecule has 2 aromatic rings. The molecule has 102 valence electrons. The van der Waals surface area contributed by atoms with Gasteiger partial charge < -0.3 is 0 Å². The summed E-state index contributed by atoms with van der Waals surface area (Å²) in [6.07, 6.45) is 2.21. The van der Waals surface area contributed by atoms with Gasteiger partial charge in [-0.2, -0.15) is 0 Å². The molecule has 0 heterocycles. The Hall–Kier alpha value is -2.08. The summed E-state index contributed by atoms with van der Waals surface area (Å²) in [5.41, 5.74) is 8.70. The maximum atomic E-state index is 4.25. The van der Waals surface area contributed by atoms with Crippen LogP contribution in [0.5, 0.6) is 0 Å². The minimum absolute atomic E-state index is 1.10. The summed E-state index contributed by atoms with van der Waals surface area (Å²) in [5.74, 6) is 0. The van der Waals surface area contributed by atoms with E-state index in [1.807, 2.05) is 0 Å². The van der Waals surface area contributed by atoms with Gasteiger partial charge in [0.05, 0.1) is 0 Å². The fourth-order valence-corrected chi connectivity index (χ4v) is 2.32. The zero-order valence-corrected chi connectivity index (χ0v) is 12.8. The van der Waals surface area contributed by atoms with Crippen LogP contribution in [-0.4, -0.2) is 0 Å².